The molecule has 0 saturated carbocycles. The van der Waals surface area contributed by atoms with Gasteiger partial charge in [-0.25, -0.2) is 8.42 Å². The fourth-order valence-electron chi connectivity index (χ4n) is 1.91. The number of nitrogens with zero attached hydrogens (tertiary/aromatic N) is 2. The summed E-state index contributed by atoms with van der Waals surface area (Å²) >= 11 is 0. The second-order valence-corrected chi connectivity index (χ2v) is 6.27. The molecule has 18 heavy (non-hydrogen) atoms. The summed E-state index contributed by atoms with van der Waals surface area (Å²) in [6.45, 7) is 0.948. The van der Waals surface area contributed by atoms with Gasteiger partial charge >= 0.3 is 0 Å². The monoisotopic (exact) mass is 269 g/mol. The quantitative estimate of drug-likeness (QED) is 0.357. The summed E-state index contributed by atoms with van der Waals surface area (Å²) in [4.78, 5) is 0. The van der Waals surface area contributed by atoms with Gasteiger partial charge in [0.15, 0.2) is 5.84 Å². The number of hydrogen-bond acceptors (Lipinski definition) is 4. The van der Waals surface area contributed by atoms with Crippen LogP contribution < -0.4 is 5.73 Å². The SMILES string of the molecule is N/C(=N/O)c1ccc(CN2CCCS2(=O)=O)cc1. The zero-order chi connectivity index (χ0) is 13.2. The molecule has 1 saturated heterocycles. The van der Waals surface area contributed by atoms with Gasteiger partial charge in [0.2, 0.25) is 10.0 Å². The van der Waals surface area contributed by atoms with Crippen molar-refractivity contribution in [2.45, 2.75) is 13.0 Å². The van der Waals surface area contributed by atoms with Gasteiger partial charge in [0.25, 0.3) is 0 Å². The molecule has 6 nitrogen and oxygen atoms in total. The minimum absolute atomic E-state index is 0.0374. The Hall–Kier alpha value is -1.60. The lowest BCUT2D eigenvalue weighted by atomic mass is 10.1. The molecule has 3 N–H and O–H groups in total. The largest absolute Gasteiger partial charge is 0.409 e. The Labute approximate surface area is 106 Å². The van der Waals surface area contributed by atoms with Crippen molar-refractivity contribution in [1.82, 2.24) is 4.31 Å². The van der Waals surface area contributed by atoms with E-state index in [1.54, 1.807) is 24.3 Å². The molecule has 0 spiro atoms. The molecule has 1 aliphatic heterocycles. The number of benzene rings is 1. The van der Waals surface area contributed by atoms with E-state index in [0.29, 0.717) is 25.1 Å². The average molecular weight is 269 g/mol. The Bertz CT molecular complexity index is 551. The van der Waals surface area contributed by atoms with Crippen LogP contribution in [-0.2, 0) is 16.6 Å². The zero-order valence-corrected chi connectivity index (χ0v) is 10.6. The maximum absolute atomic E-state index is 11.6. The van der Waals surface area contributed by atoms with Gasteiger partial charge in [-0.05, 0) is 12.0 Å². The number of sulfonamides is 1. The van der Waals surface area contributed by atoms with Crippen molar-refractivity contribution in [2.24, 2.45) is 10.9 Å². The number of oxime groups is 1. The maximum Gasteiger partial charge on any atom is 0.214 e. The smallest absolute Gasteiger partial charge is 0.214 e. The lowest BCUT2D eigenvalue weighted by Gasteiger charge is -2.14. The molecule has 1 aromatic rings. The standard InChI is InChI=1S/C11H15N3O3S/c12-11(13-15)10-4-2-9(3-5-10)8-14-6-1-7-18(14,16)17/h2-5,15H,1,6-8H2,(H2,12,13). The Morgan fingerprint density at radius 1 is 1.39 bits per heavy atom. The molecule has 2 rings (SSSR count). The van der Waals surface area contributed by atoms with Crippen molar-refractivity contribution in [3.05, 3.63) is 35.4 Å². The zero-order valence-electron chi connectivity index (χ0n) is 9.78. The van der Waals surface area contributed by atoms with Gasteiger partial charge in [0.1, 0.15) is 0 Å². The molecule has 1 aliphatic rings. The van der Waals surface area contributed by atoms with Crippen molar-refractivity contribution >= 4 is 15.9 Å². The van der Waals surface area contributed by atoms with Gasteiger partial charge in [0, 0.05) is 18.7 Å². The van der Waals surface area contributed by atoms with E-state index in [4.69, 9.17) is 10.9 Å². The van der Waals surface area contributed by atoms with Crippen molar-refractivity contribution in [3.63, 3.8) is 0 Å². The van der Waals surface area contributed by atoms with E-state index in [9.17, 15) is 8.42 Å². The summed E-state index contributed by atoms with van der Waals surface area (Å²) < 4.78 is 24.8. The summed E-state index contributed by atoms with van der Waals surface area (Å²) in [5, 5.41) is 11.4. The number of nitrogens with two attached hydrogens (primary N) is 1. The molecule has 98 valence electrons. The van der Waals surface area contributed by atoms with Gasteiger partial charge in [-0.1, -0.05) is 29.4 Å². The summed E-state index contributed by atoms with van der Waals surface area (Å²) in [6.07, 6.45) is 0.685. The fraction of sp³-hybridized carbons (Fsp3) is 0.364. The van der Waals surface area contributed by atoms with Crippen LogP contribution in [0.3, 0.4) is 0 Å². The molecule has 0 radical (unpaired) electrons. The molecular weight excluding hydrogens is 254 g/mol. The first-order valence-electron chi connectivity index (χ1n) is 5.57. The molecule has 0 bridgehead atoms. The summed E-state index contributed by atoms with van der Waals surface area (Å²) in [6, 6.07) is 6.96. The van der Waals surface area contributed by atoms with Crippen molar-refractivity contribution in [1.29, 1.82) is 0 Å². The first kappa shape index (κ1) is 12.8. The Morgan fingerprint density at radius 3 is 2.56 bits per heavy atom. The van der Waals surface area contributed by atoms with E-state index in [1.165, 1.54) is 4.31 Å². The lowest BCUT2D eigenvalue weighted by Crippen LogP contribution is -2.25. The second kappa shape index (κ2) is 4.95. The molecule has 1 aromatic carbocycles. The third kappa shape index (κ3) is 2.62. The number of rotatable bonds is 3. The fourth-order valence-corrected chi connectivity index (χ4v) is 3.42. The maximum atomic E-state index is 11.6. The van der Waals surface area contributed by atoms with Gasteiger partial charge < -0.3 is 10.9 Å². The molecule has 7 heteroatoms. The summed E-state index contributed by atoms with van der Waals surface area (Å²) in [5.41, 5.74) is 6.93. The molecule has 0 aliphatic carbocycles. The average Bonchev–Trinajstić information content (AvgIpc) is 2.69. The van der Waals surface area contributed by atoms with Gasteiger partial charge in [-0.2, -0.15) is 4.31 Å². The van der Waals surface area contributed by atoms with Crippen LogP contribution in [0.2, 0.25) is 0 Å². The summed E-state index contributed by atoms with van der Waals surface area (Å²) in [5.74, 6) is 0.269. The topological polar surface area (TPSA) is 96.0 Å². The second-order valence-electron chi connectivity index (χ2n) is 4.19. The molecule has 0 unspecified atom stereocenters. The van der Waals surface area contributed by atoms with Crippen LogP contribution in [0.15, 0.2) is 29.4 Å². The van der Waals surface area contributed by atoms with Gasteiger partial charge in [-0.15, -0.1) is 0 Å². The van der Waals surface area contributed by atoms with Crippen molar-refractivity contribution < 1.29 is 13.6 Å². The highest BCUT2D eigenvalue weighted by molar-refractivity contribution is 7.89. The molecule has 0 amide bonds. The van der Waals surface area contributed by atoms with E-state index in [1.807, 2.05) is 0 Å². The highest BCUT2D eigenvalue weighted by Crippen LogP contribution is 2.17. The number of hydrogen-bond donors (Lipinski definition) is 2. The minimum atomic E-state index is -3.07. The van der Waals surface area contributed by atoms with E-state index < -0.39 is 10.0 Å². The first-order chi connectivity index (χ1) is 8.53. The van der Waals surface area contributed by atoms with Gasteiger partial charge in [0.05, 0.1) is 5.75 Å². The van der Waals surface area contributed by atoms with Crippen LogP contribution in [0.4, 0.5) is 0 Å². The Balaban J connectivity index is 2.12. The van der Waals surface area contributed by atoms with Crippen LogP contribution in [0.5, 0.6) is 0 Å². The molecule has 0 aromatic heterocycles. The first-order valence-corrected chi connectivity index (χ1v) is 7.18. The number of amidine groups is 1. The Morgan fingerprint density at radius 2 is 2.06 bits per heavy atom. The Kier molecular flexibility index (Phi) is 3.53. The van der Waals surface area contributed by atoms with Crippen molar-refractivity contribution in [2.75, 3.05) is 12.3 Å². The van der Waals surface area contributed by atoms with Crippen LogP contribution in [0, 0.1) is 0 Å². The van der Waals surface area contributed by atoms with Crippen LogP contribution >= 0.6 is 0 Å². The van der Waals surface area contributed by atoms with Crippen molar-refractivity contribution in [3.8, 4) is 0 Å². The molecule has 1 heterocycles. The van der Waals surface area contributed by atoms with Gasteiger partial charge in [-0.3, -0.25) is 0 Å². The predicted molar refractivity (Wildman–Crippen MR) is 67.8 cm³/mol. The molecule has 1 fully saturated rings. The van der Waals surface area contributed by atoms with Crippen LogP contribution in [0.1, 0.15) is 17.5 Å². The van der Waals surface area contributed by atoms with E-state index in [-0.39, 0.29) is 11.6 Å². The highest BCUT2D eigenvalue weighted by Gasteiger charge is 2.27. The molecule has 0 atom stereocenters. The normalized spacial score (nSPS) is 20.1. The van der Waals surface area contributed by atoms with Crippen LogP contribution in [0.25, 0.3) is 0 Å². The highest BCUT2D eigenvalue weighted by atomic mass is 32.2. The minimum Gasteiger partial charge on any atom is -0.409 e. The van der Waals surface area contributed by atoms with E-state index >= 15 is 0 Å². The summed E-state index contributed by atoms with van der Waals surface area (Å²) in [7, 11) is -3.07. The van der Waals surface area contributed by atoms with Crippen LogP contribution in [-0.4, -0.2) is 36.1 Å². The lowest BCUT2D eigenvalue weighted by molar-refractivity contribution is 0.318. The predicted octanol–water partition coefficient (Wildman–Crippen LogP) is 0.317. The third-order valence-corrected chi connectivity index (χ3v) is 4.82. The molecular formula is C11H15N3O3S. The third-order valence-electron chi connectivity index (χ3n) is 2.92. The van der Waals surface area contributed by atoms with E-state index in [2.05, 4.69) is 5.16 Å². The van der Waals surface area contributed by atoms with E-state index in [0.717, 1.165) is 5.56 Å².